The zero-order chi connectivity index (χ0) is 13.9. The van der Waals surface area contributed by atoms with Gasteiger partial charge in [-0.1, -0.05) is 28.1 Å². The van der Waals surface area contributed by atoms with Gasteiger partial charge in [0.15, 0.2) is 5.13 Å². The van der Waals surface area contributed by atoms with Crippen LogP contribution >= 0.6 is 39.7 Å². The summed E-state index contributed by atoms with van der Waals surface area (Å²) >= 11 is 4.86. The Bertz CT molecular complexity index is 611. The first-order chi connectivity index (χ1) is 9.72. The van der Waals surface area contributed by atoms with Gasteiger partial charge in [0.25, 0.3) is 0 Å². The molecule has 1 fully saturated rings. The van der Waals surface area contributed by atoms with Crippen molar-refractivity contribution in [3.8, 4) is 11.3 Å². The molecule has 2 N–H and O–H groups in total. The molecule has 1 saturated heterocycles. The molecule has 21 heavy (non-hydrogen) atoms. The first-order valence-electron chi connectivity index (χ1n) is 6.48. The average Bonchev–Trinajstić information content (AvgIpc) is 3.10. The third kappa shape index (κ3) is 4.03. The summed E-state index contributed by atoms with van der Waals surface area (Å²) in [7, 11) is 0. The lowest BCUT2D eigenvalue weighted by Gasteiger charge is -2.08. The molecule has 4 nitrogen and oxygen atoms in total. The number of hydrogen-bond donors (Lipinski definition) is 2. The number of aromatic nitrogens is 1. The van der Waals surface area contributed by atoms with Crippen LogP contribution in [-0.4, -0.2) is 23.5 Å². The molecule has 0 radical (unpaired) electrons. The van der Waals surface area contributed by atoms with Gasteiger partial charge in [-0.2, -0.15) is 0 Å². The van der Waals surface area contributed by atoms with Crippen molar-refractivity contribution in [3.05, 3.63) is 34.1 Å². The summed E-state index contributed by atoms with van der Waals surface area (Å²) in [5, 5.41) is 8.68. The van der Waals surface area contributed by atoms with E-state index in [1.165, 1.54) is 11.3 Å². The van der Waals surface area contributed by atoms with E-state index < -0.39 is 0 Å². The first kappa shape index (κ1) is 16.4. The minimum atomic E-state index is -0.0740. The zero-order valence-corrected chi connectivity index (χ0v) is 14.4. The van der Waals surface area contributed by atoms with Crippen LogP contribution in [0.3, 0.4) is 0 Å². The van der Waals surface area contributed by atoms with E-state index in [0.717, 1.165) is 35.1 Å². The maximum atomic E-state index is 12.0. The van der Waals surface area contributed by atoms with Crippen LogP contribution in [0.4, 0.5) is 5.13 Å². The van der Waals surface area contributed by atoms with E-state index in [4.69, 9.17) is 0 Å². The predicted octanol–water partition coefficient (Wildman–Crippen LogP) is 3.68. The fourth-order valence-electron chi connectivity index (χ4n) is 2.19. The zero-order valence-electron chi connectivity index (χ0n) is 11.1. The smallest absolute Gasteiger partial charge is 0.243 e. The molecule has 1 amide bonds. The standard InChI is InChI=1S/C14H14BrN3OS.ClH/c15-10-5-3-9(4-6-10)12-8-20-14(17-12)18-13(19)11-2-1-7-16-11;/h3-6,8,11,16H,1-2,7H2,(H,17,18,19);1H. The van der Waals surface area contributed by atoms with Crippen LogP contribution < -0.4 is 10.6 Å². The lowest BCUT2D eigenvalue weighted by Crippen LogP contribution is -2.35. The van der Waals surface area contributed by atoms with Crippen LogP contribution in [0, 0.1) is 0 Å². The highest BCUT2D eigenvalue weighted by atomic mass is 79.9. The van der Waals surface area contributed by atoms with Gasteiger partial charge in [-0.25, -0.2) is 4.98 Å². The molecule has 2 heterocycles. The van der Waals surface area contributed by atoms with Gasteiger partial charge in [0.1, 0.15) is 0 Å². The largest absolute Gasteiger partial charge is 0.306 e. The topological polar surface area (TPSA) is 54.0 Å². The summed E-state index contributed by atoms with van der Waals surface area (Å²) < 4.78 is 1.04. The maximum absolute atomic E-state index is 12.0. The van der Waals surface area contributed by atoms with Gasteiger partial charge in [-0.3, -0.25) is 4.79 Å². The Balaban J connectivity index is 0.00000161. The van der Waals surface area contributed by atoms with Crippen LogP contribution in [0.1, 0.15) is 12.8 Å². The first-order valence-corrected chi connectivity index (χ1v) is 8.15. The second kappa shape index (κ2) is 7.35. The van der Waals surface area contributed by atoms with Crippen molar-refractivity contribution in [2.45, 2.75) is 18.9 Å². The predicted molar refractivity (Wildman–Crippen MR) is 92.2 cm³/mol. The molecule has 1 aliphatic heterocycles. The number of anilines is 1. The molecular weight excluding hydrogens is 374 g/mol. The number of nitrogens with zero attached hydrogens (tertiary/aromatic N) is 1. The summed E-state index contributed by atoms with van der Waals surface area (Å²) in [6, 6.07) is 7.90. The molecule has 0 aliphatic carbocycles. The molecule has 1 aliphatic rings. The van der Waals surface area contributed by atoms with Crippen molar-refractivity contribution in [1.29, 1.82) is 0 Å². The maximum Gasteiger partial charge on any atom is 0.243 e. The summed E-state index contributed by atoms with van der Waals surface area (Å²) in [6.07, 6.45) is 1.96. The van der Waals surface area contributed by atoms with Crippen molar-refractivity contribution >= 4 is 50.7 Å². The van der Waals surface area contributed by atoms with E-state index in [0.29, 0.717) is 5.13 Å². The fourth-order valence-corrected chi connectivity index (χ4v) is 3.17. The summed E-state index contributed by atoms with van der Waals surface area (Å²) in [6.45, 7) is 0.917. The van der Waals surface area contributed by atoms with Gasteiger partial charge < -0.3 is 10.6 Å². The fraction of sp³-hybridized carbons (Fsp3) is 0.286. The van der Waals surface area contributed by atoms with E-state index >= 15 is 0 Å². The monoisotopic (exact) mass is 387 g/mol. The Morgan fingerprint density at radius 1 is 1.38 bits per heavy atom. The lowest BCUT2D eigenvalue weighted by molar-refractivity contribution is -0.117. The van der Waals surface area contributed by atoms with Crippen LogP contribution in [0.5, 0.6) is 0 Å². The third-order valence-corrected chi connectivity index (χ3v) is 4.54. The van der Waals surface area contributed by atoms with E-state index in [9.17, 15) is 4.79 Å². The lowest BCUT2D eigenvalue weighted by atomic mass is 10.2. The van der Waals surface area contributed by atoms with Crippen molar-refractivity contribution in [1.82, 2.24) is 10.3 Å². The molecule has 2 aromatic rings. The molecule has 1 aromatic carbocycles. The quantitative estimate of drug-likeness (QED) is 0.843. The minimum Gasteiger partial charge on any atom is -0.306 e. The number of halogens is 2. The third-order valence-electron chi connectivity index (χ3n) is 3.25. The molecule has 112 valence electrons. The van der Waals surface area contributed by atoms with Gasteiger partial charge in [-0.05, 0) is 31.5 Å². The molecule has 0 saturated carbocycles. The molecular formula is C14H15BrClN3OS. The van der Waals surface area contributed by atoms with E-state index in [1.54, 1.807) is 0 Å². The minimum absolute atomic E-state index is 0. The highest BCUT2D eigenvalue weighted by Crippen LogP contribution is 2.26. The highest BCUT2D eigenvalue weighted by Gasteiger charge is 2.22. The number of nitrogens with one attached hydrogen (secondary N) is 2. The van der Waals surface area contributed by atoms with Crippen LogP contribution in [-0.2, 0) is 4.79 Å². The Morgan fingerprint density at radius 3 is 2.81 bits per heavy atom. The summed E-state index contributed by atoms with van der Waals surface area (Å²) in [5.41, 5.74) is 1.93. The molecule has 1 atom stereocenters. The number of thiazole rings is 1. The molecule has 1 unspecified atom stereocenters. The number of carbonyl (C=O) groups excluding carboxylic acids is 1. The number of carbonyl (C=O) groups is 1. The highest BCUT2D eigenvalue weighted by molar-refractivity contribution is 9.10. The molecule has 0 bridgehead atoms. The van der Waals surface area contributed by atoms with Gasteiger partial charge in [0.05, 0.1) is 11.7 Å². The van der Waals surface area contributed by atoms with Gasteiger partial charge in [0, 0.05) is 15.4 Å². The Hall–Kier alpha value is -0.950. The van der Waals surface area contributed by atoms with Gasteiger partial charge >= 0.3 is 0 Å². The SMILES string of the molecule is Cl.O=C(Nc1nc(-c2ccc(Br)cc2)cs1)C1CCCN1. The van der Waals surface area contributed by atoms with Gasteiger partial charge in [0.2, 0.25) is 5.91 Å². The number of benzene rings is 1. The molecule has 7 heteroatoms. The summed E-state index contributed by atoms with van der Waals surface area (Å²) in [4.78, 5) is 16.5. The van der Waals surface area contributed by atoms with Crippen molar-refractivity contribution in [3.63, 3.8) is 0 Å². The van der Waals surface area contributed by atoms with E-state index in [1.807, 2.05) is 29.6 Å². The second-order valence-corrected chi connectivity index (χ2v) is 6.46. The Labute approximate surface area is 141 Å². The van der Waals surface area contributed by atoms with Crippen molar-refractivity contribution in [2.24, 2.45) is 0 Å². The van der Waals surface area contributed by atoms with Crippen molar-refractivity contribution < 1.29 is 4.79 Å². The average molecular weight is 389 g/mol. The number of rotatable bonds is 3. The molecule has 1 aromatic heterocycles. The normalized spacial score (nSPS) is 17.3. The second-order valence-electron chi connectivity index (χ2n) is 4.68. The Morgan fingerprint density at radius 2 is 2.14 bits per heavy atom. The molecule has 0 spiro atoms. The van der Waals surface area contributed by atoms with Gasteiger partial charge in [-0.15, -0.1) is 23.7 Å². The number of hydrogen-bond acceptors (Lipinski definition) is 4. The van der Waals surface area contributed by atoms with E-state index in [2.05, 4.69) is 31.5 Å². The summed E-state index contributed by atoms with van der Waals surface area (Å²) in [5.74, 6) is 0.0132. The number of amides is 1. The van der Waals surface area contributed by atoms with Crippen LogP contribution in [0.25, 0.3) is 11.3 Å². The van der Waals surface area contributed by atoms with Crippen molar-refractivity contribution in [2.75, 3.05) is 11.9 Å². The van der Waals surface area contributed by atoms with E-state index in [-0.39, 0.29) is 24.4 Å². The Kier molecular flexibility index (Phi) is 5.75. The molecule has 3 rings (SSSR count). The van der Waals surface area contributed by atoms with Crippen LogP contribution in [0.2, 0.25) is 0 Å². The van der Waals surface area contributed by atoms with Crippen LogP contribution in [0.15, 0.2) is 34.1 Å².